The number of benzene rings is 1. The summed E-state index contributed by atoms with van der Waals surface area (Å²) in [5, 5.41) is 3.16. The first-order valence-corrected chi connectivity index (χ1v) is 12.3. The molecule has 0 spiro atoms. The highest BCUT2D eigenvalue weighted by Gasteiger charge is 2.27. The zero-order valence-electron chi connectivity index (χ0n) is 18.2. The molecule has 10 heteroatoms. The molecule has 3 heterocycles. The normalized spacial score (nSPS) is 15.2. The summed E-state index contributed by atoms with van der Waals surface area (Å²) < 4.78 is 33.6. The second kappa shape index (κ2) is 9.35. The number of nitrogens with one attached hydrogen (secondary N) is 2. The third-order valence-corrected chi connectivity index (χ3v) is 7.31. The Bertz CT molecular complexity index is 1280. The molecule has 1 aliphatic heterocycles. The number of rotatable bonds is 7. The van der Waals surface area contributed by atoms with Gasteiger partial charge in [0.2, 0.25) is 10.0 Å². The van der Waals surface area contributed by atoms with Gasteiger partial charge in [-0.2, -0.15) is 4.31 Å². The van der Waals surface area contributed by atoms with Crippen molar-refractivity contribution in [1.82, 2.24) is 24.6 Å². The van der Waals surface area contributed by atoms with Crippen LogP contribution < -0.4 is 15.6 Å². The minimum absolute atomic E-state index is 0.139. The maximum atomic E-state index is 13.2. The van der Waals surface area contributed by atoms with Gasteiger partial charge in [0.05, 0.1) is 17.1 Å². The average molecular weight is 458 g/mol. The second-order valence-electron chi connectivity index (χ2n) is 7.58. The van der Waals surface area contributed by atoms with Crippen molar-refractivity contribution in [2.24, 2.45) is 0 Å². The van der Waals surface area contributed by atoms with Crippen LogP contribution >= 0.6 is 0 Å². The topological polar surface area (TPSA) is 117 Å². The predicted molar refractivity (Wildman–Crippen MR) is 122 cm³/mol. The molecular weight excluding hydrogens is 430 g/mol. The van der Waals surface area contributed by atoms with E-state index in [1.807, 2.05) is 13.0 Å². The van der Waals surface area contributed by atoms with Crippen molar-refractivity contribution in [2.45, 2.75) is 31.6 Å². The number of sulfonamides is 1. The van der Waals surface area contributed by atoms with Crippen LogP contribution in [0.3, 0.4) is 0 Å². The summed E-state index contributed by atoms with van der Waals surface area (Å²) in [5.41, 5.74) is 1.76. The number of pyridine rings is 1. The van der Waals surface area contributed by atoms with Crippen molar-refractivity contribution in [3.63, 3.8) is 0 Å². The molecule has 1 aliphatic rings. The predicted octanol–water partition coefficient (Wildman–Crippen LogP) is 1.93. The van der Waals surface area contributed by atoms with Gasteiger partial charge in [-0.3, -0.25) is 4.79 Å². The number of piperazine rings is 1. The molecule has 32 heavy (non-hydrogen) atoms. The number of nitrogens with zero attached hydrogens (tertiary/aromatic N) is 3. The number of fused-ring (bicyclic) bond motifs is 1. The van der Waals surface area contributed by atoms with E-state index in [0.717, 1.165) is 18.4 Å². The molecule has 1 aromatic carbocycles. The van der Waals surface area contributed by atoms with Gasteiger partial charge in [-0.15, -0.1) is 0 Å². The molecule has 0 unspecified atom stereocenters. The van der Waals surface area contributed by atoms with E-state index in [2.05, 4.69) is 27.2 Å². The fourth-order valence-corrected chi connectivity index (χ4v) is 5.33. The van der Waals surface area contributed by atoms with Gasteiger partial charge in [0.25, 0.3) is 5.56 Å². The monoisotopic (exact) mass is 457 g/mol. The van der Waals surface area contributed by atoms with Crippen LogP contribution in [-0.4, -0.2) is 60.5 Å². The lowest BCUT2D eigenvalue weighted by atomic mass is 10.1. The van der Waals surface area contributed by atoms with Crippen molar-refractivity contribution in [3.05, 3.63) is 46.4 Å². The SMILES string of the molecule is CCCc1ccnc2c(=O)[nH]c(-c3cc(S(=O)(=O)N4CCNCC4)ccc3OCC)nc12. The van der Waals surface area contributed by atoms with Crippen LogP contribution in [0.15, 0.2) is 40.2 Å². The van der Waals surface area contributed by atoms with Crippen LogP contribution in [-0.2, 0) is 16.4 Å². The Kier molecular flexibility index (Phi) is 6.54. The first-order valence-electron chi connectivity index (χ1n) is 10.8. The number of aromatic nitrogens is 3. The van der Waals surface area contributed by atoms with E-state index < -0.39 is 10.0 Å². The maximum Gasteiger partial charge on any atom is 0.277 e. The summed E-state index contributed by atoms with van der Waals surface area (Å²) in [5.74, 6) is 0.712. The van der Waals surface area contributed by atoms with Crippen LogP contribution in [0.2, 0.25) is 0 Å². The summed E-state index contributed by atoms with van der Waals surface area (Å²) >= 11 is 0. The Morgan fingerprint density at radius 2 is 1.91 bits per heavy atom. The van der Waals surface area contributed by atoms with Gasteiger partial charge in [-0.1, -0.05) is 13.3 Å². The van der Waals surface area contributed by atoms with E-state index in [1.165, 1.54) is 16.4 Å². The number of H-pyrrole nitrogens is 1. The highest BCUT2D eigenvalue weighted by atomic mass is 32.2. The van der Waals surface area contributed by atoms with Crippen LogP contribution in [0, 0.1) is 0 Å². The molecule has 0 amide bonds. The van der Waals surface area contributed by atoms with E-state index in [0.29, 0.717) is 49.6 Å². The van der Waals surface area contributed by atoms with Crippen molar-refractivity contribution >= 4 is 21.1 Å². The Labute approximate surface area is 186 Å². The van der Waals surface area contributed by atoms with Gasteiger partial charge in [0, 0.05) is 32.4 Å². The highest BCUT2D eigenvalue weighted by molar-refractivity contribution is 7.89. The molecule has 170 valence electrons. The Morgan fingerprint density at radius 3 is 2.62 bits per heavy atom. The van der Waals surface area contributed by atoms with Gasteiger partial charge in [0.15, 0.2) is 5.52 Å². The summed E-state index contributed by atoms with van der Waals surface area (Å²) in [6.07, 6.45) is 3.26. The van der Waals surface area contributed by atoms with Crippen LogP contribution in [0.1, 0.15) is 25.8 Å². The van der Waals surface area contributed by atoms with Crippen LogP contribution in [0.25, 0.3) is 22.4 Å². The molecule has 1 saturated heterocycles. The first kappa shape index (κ1) is 22.4. The average Bonchev–Trinajstić information content (AvgIpc) is 2.80. The van der Waals surface area contributed by atoms with E-state index in [9.17, 15) is 13.2 Å². The Balaban J connectivity index is 1.88. The Hall–Kier alpha value is -2.82. The number of aromatic amines is 1. The quantitative estimate of drug-likeness (QED) is 0.557. The highest BCUT2D eigenvalue weighted by Crippen LogP contribution is 2.32. The molecule has 0 aliphatic carbocycles. The number of hydrogen-bond acceptors (Lipinski definition) is 7. The standard InChI is InChI=1S/C22H27N5O4S/c1-3-5-15-8-9-24-20-19(15)25-21(26-22(20)28)17-14-16(6-7-18(17)31-4-2)32(29,30)27-12-10-23-11-13-27/h6-9,14,23H,3-5,10-13H2,1-2H3,(H,25,26,28). The van der Waals surface area contributed by atoms with Crippen molar-refractivity contribution in [1.29, 1.82) is 0 Å². The van der Waals surface area contributed by atoms with Gasteiger partial charge >= 0.3 is 0 Å². The summed E-state index contributed by atoms with van der Waals surface area (Å²) in [7, 11) is -3.69. The molecule has 2 N–H and O–H groups in total. The second-order valence-corrected chi connectivity index (χ2v) is 9.51. The summed E-state index contributed by atoms with van der Waals surface area (Å²) in [6.45, 7) is 6.31. The largest absolute Gasteiger partial charge is 0.493 e. The number of ether oxygens (including phenoxy) is 1. The van der Waals surface area contributed by atoms with Gasteiger partial charge in [-0.25, -0.2) is 18.4 Å². The zero-order chi connectivity index (χ0) is 22.7. The maximum absolute atomic E-state index is 13.2. The molecule has 2 aromatic heterocycles. The summed E-state index contributed by atoms with van der Waals surface area (Å²) in [6, 6.07) is 6.54. The van der Waals surface area contributed by atoms with Crippen molar-refractivity contribution < 1.29 is 13.2 Å². The minimum atomic E-state index is -3.69. The molecule has 0 radical (unpaired) electrons. The zero-order valence-corrected chi connectivity index (χ0v) is 19.0. The minimum Gasteiger partial charge on any atom is -0.493 e. The lowest BCUT2D eigenvalue weighted by molar-refractivity contribution is 0.341. The molecule has 0 saturated carbocycles. The first-order chi connectivity index (χ1) is 15.5. The van der Waals surface area contributed by atoms with Gasteiger partial charge in [0.1, 0.15) is 17.1 Å². The molecule has 9 nitrogen and oxygen atoms in total. The molecular formula is C22H27N5O4S. The number of hydrogen-bond donors (Lipinski definition) is 2. The third kappa shape index (κ3) is 4.25. The molecule has 0 atom stereocenters. The Morgan fingerprint density at radius 1 is 1.12 bits per heavy atom. The molecule has 3 aromatic rings. The summed E-state index contributed by atoms with van der Waals surface area (Å²) in [4.78, 5) is 24.6. The molecule has 4 rings (SSSR count). The molecule has 0 bridgehead atoms. The third-order valence-electron chi connectivity index (χ3n) is 5.42. The van der Waals surface area contributed by atoms with Crippen molar-refractivity contribution in [3.8, 4) is 17.1 Å². The van der Waals surface area contributed by atoms with E-state index >= 15 is 0 Å². The van der Waals surface area contributed by atoms with E-state index in [1.54, 1.807) is 12.3 Å². The lowest BCUT2D eigenvalue weighted by Gasteiger charge is -2.26. The fourth-order valence-electron chi connectivity index (χ4n) is 3.86. The smallest absolute Gasteiger partial charge is 0.277 e. The van der Waals surface area contributed by atoms with Crippen molar-refractivity contribution in [2.75, 3.05) is 32.8 Å². The van der Waals surface area contributed by atoms with Gasteiger partial charge in [-0.05, 0) is 43.2 Å². The van der Waals surface area contributed by atoms with E-state index in [4.69, 9.17) is 4.74 Å². The number of aryl methyl sites for hydroxylation is 1. The van der Waals surface area contributed by atoms with Crippen LogP contribution in [0.4, 0.5) is 0 Å². The fraction of sp³-hybridized carbons (Fsp3) is 0.409. The lowest BCUT2D eigenvalue weighted by Crippen LogP contribution is -2.46. The van der Waals surface area contributed by atoms with E-state index in [-0.39, 0.29) is 21.8 Å². The molecule has 1 fully saturated rings. The van der Waals surface area contributed by atoms with Gasteiger partial charge < -0.3 is 15.0 Å². The van der Waals surface area contributed by atoms with Crippen LogP contribution in [0.5, 0.6) is 5.75 Å².